The smallest absolute Gasteiger partial charge is 0.306 e. The summed E-state index contributed by atoms with van der Waals surface area (Å²) < 4.78 is 11.5. The van der Waals surface area contributed by atoms with Crippen molar-refractivity contribution in [2.24, 2.45) is 5.73 Å². The fourth-order valence-electron chi connectivity index (χ4n) is 14.2. The highest BCUT2D eigenvalue weighted by Crippen LogP contribution is 2.19. The lowest BCUT2D eigenvalue weighted by atomic mass is 10.0. The van der Waals surface area contributed by atoms with Crippen molar-refractivity contribution in [3.05, 3.63) is 128 Å². The van der Waals surface area contributed by atoms with Crippen LogP contribution in [0, 0.1) is 0 Å². The number of carbonyl (C=O) groups excluding carboxylic acids is 12. The molecule has 0 aromatic carbocycles. The minimum absolute atomic E-state index is 0.0429. The monoisotopic (exact) mass is 1790 g/mol. The van der Waals surface area contributed by atoms with Crippen LogP contribution in [0.1, 0.15) is 233 Å². The quantitative estimate of drug-likeness (QED) is 0.0146. The molecule has 20 N–H and O–H groups in total. The van der Waals surface area contributed by atoms with Gasteiger partial charge in [0.15, 0.2) is 0 Å². The minimum Gasteiger partial charge on any atom is -0.462 e. The summed E-state index contributed by atoms with van der Waals surface area (Å²) in [4.78, 5) is 218. The third-order valence-corrected chi connectivity index (χ3v) is 22.6. The zero-order valence-electron chi connectivity index (χ0n) is 73.0. The van der Waals surface area contributed by atoms with Crippen LogP contribution in [0.3, 0.4) is 0 Å². The van der Waals surface area contributed by atoms with Crippen molar-refractivity contribution in [3.8, 4) is 0 Å². The Morgan fingerprint density at radius 2 is 0.583 bits per heavy atom. The molecule has 7 aromatic heterocycles. The molecule has 7 heterocycles. The number of amides is 9. The van der Waals surface area contributed by atoms with Crippen molar-refractivity contribution < 1.29 is 77.2 Å². The van der Waals surface area contributed by atoms with Crippen molar-refractivity contribution in [2.45, 2.75) is 305 Å². The molecule has 0 aliphatic carbocycles. The average Bonchev–Trinajstić information content (AvgIpc) is 1.74. The molecule has 0 aliphatic rings. The van der Waals surface area contributed by atoms with Crippen LogP contribution in [0.15, 0.2) is 87.7 Å². The van der Waals surface area contributed by atoms with Gasteiger partial charge in [-0.1, -0.05) is 168 Å². The summed E-state index contributed by atoms with van der Waals surface area (Å²) in [6.45, 7) is 2.14. The van der Waals surface area contributed by atoms with E-state index in [1.807, 2.05) is 0 Å². The highest BCUT2D eigenvalue weighted by Gasteiger charge is 2.37. The van der Waals surface area contributed by atoms with Gasteiger partial charge in [-0.15, -0.1) is 0 Å². The molecule has 7 rings (SSSR count). The number of aldehydes is 1. The van der Waals surface area contributed by atoms with Crippen LogP contribution >= 0.6 is 11.8 Å². The molecule has 698 valence electrons. The first-order chi connectivity index (χ1) is 61.7. The molecule has 0 radical (unpaired) electrons. The van der Waals surface area contributed by atoms with Gasteiger partial charge >= 0.3 is 11.9 Å². The Hall–Kier alpha value is -11.5. The number of rotatable bonds is 70. The second-order valence-corrected chi connectivity index (χ2v) is 33.1. The second kappa shape index (κ2) is 60.3. The molecule has 0 saturated carbocycles. The molecular weight excluding hydrogens is 1660 g/mol. The second-order valence-electron chi connectivity index (χ2n) is 32.0. The van der Waals surface area contributed by atoms with E-state index in [0.717, 1.165) is 56.7 Å². The zero-order valence-corrected chi connectivity index (χ0v) is 73.8. The molecule has 40 nitrogen and oxygen atoms in total. The summed E-state index contributed by atoms with van der Waals surface area (Å²) in [5.41, 5.74) is 8.93. The molecule has 0 aliphatic heterocycles. The van der Waals surface area contributed by atoms with E-state index in [2.05, 4.69) is 131 Å². The Kier molecular flexibility index (Phi) is 48.7. The lowest BCUT2D eigenvalue weighted by Gasteiger charge is -2.28. The number of imidazole rings is 7. The fraction of sp³-hybridized carbons (Fsp3) is 0.616. The first-order valence-electron chi connectivity index (χ1n) is 44.6. The molecule has 7 unspecified atom stereocenters. The number of hydrogen-bond acceptors (Lipinski definition) is 25. The van der Waals surface area contributed by atoms with Gasteiger partial charge in [0.05, 0.1) is 69.6 Å². The number of unbranched alkanes of at least 4 members (excludes halogenated alkanes) is 24. The number of nitrogens with zero attached hydrogens (tertiary/aromatic N) is 7. The lowest BCUT2D eigenvalue weighted by molar-refractivity contribution is -0.157. The molecule has 0 bridgehead atoms. The minimum atomic E-state index is -1.84. The number of aliphatic hydroxyl groups excluding tert-OH is 2. The van der Waals surface area contributed by atoms with E-state index in [9.17, 15) is 58.2 Å². The van der Waals surface area contributed by atoms with Crippen molar-refractivity contribution in [1.82, 2.24) is 118 Å². The average molecular weight is 1790 g/mol. The van der Waals surface area contributed by atoms with Crippen LogP contribution in [0.4, 0.5) is 0 Å². The van der Waals surface area contributed by atoms with Crippen molar-refractivity contribution in [3.63, 3.8) is 0 Å². The summed E-state index contributed by atoms with van der Waals surface area (Å²) in [6, 6.07) is -15.2. The molecule has 0 saturated heterocycles. The normalized spacial score (nSPS) is 13.9. The SMILES string of the molecule is CCCCCCCCCCCCCCCC(=O)OCC(CSCC(N)C(=O)NC(CO)C(=O)N[C@@H](CO)C(=O)NC(Cc1cnc[nH]1)C(=O)N[C@@H](Cc1cnc[nH]1)C(=O)NC(Cc1cnc[nH]1)C(=O)N[C@@H](Cc1cnc[nH]1)C(=O)NC(Cc1cnc[nH]1)C(=O)N[C@@H](Cc1cnc[nH]1)C(=O)NC(C=O)Cc1cnc[nH]1)OC(=O)CCCCCCCCCCCCCCC. The van der Waals surface area contributed by atoms with E-state index in [4.69, 9.17) is 15.2 Å². The van der Waals surface area contributed by atoms with Gasteiger partial charge in [0.1, 0.15) is 67.3 Å². The van der Waals surface area contributed by atoms with Crippen LogP contribution in [0.5, 0.6) is 0 Å². The maximum absolute atomic E-state index is 15.0. The Bertz CT molecular complexity index is 4240. The zero-order chi connectivity index (χ0) is 91.0. The number of H-pyrrole nitrogens is 7. The van der Waals surface area contributed by atoms with Crippen molar-refractivity contribution in [2.75, 3.05) is 31.3 Å². The molecule has 9 amide bonds. The van der Waals surface area contributed by atoms with Gasteiger partial charge in [-0.2, -0.15) is 11.8 Å². The van der Waals surface area contributed by atoms with Gasteiger partial charge in [0.25, 0.3) is 0 Å². The first-order valence-corrected chi connectivity index (χ1v) is 45.8. The van der Waals surface area contributed by atoms with E-state index in [0.29, 0.717) is 53.3 Å². The van der Waals surface area contributed by atoms with E-state index >= 15 is 9.59 Å². The predicted molar refractivity (Wildman–Crippen MR) is 470 cm³/mol. The topological polar surface area (TPSA) is 599 Å². The van der Waals surface area contributed by atoms with Crippen LogP contribution < -0.4 is 53.6 Å². The van der Waals surface area contributed by atoms with Crippen LogP contribution in [0.2, 0.25) is 0 Å². The standard InChI is InChI=1S/C86H132N24O16S/c1-3-5-7-9-11-13-15-17-19-21-23-25-27-29-76(114)125-48-66(126-77(115)30-28-26-24-22-20-18-16-14-12-10-8-6-4-2)49-127-50-67(87)78(116)109-74(46-112)86(124)110-75(47-113)85(123)108-73(37-64-44-94-57-101-64)84(122)107-72(36-63-43-93-56-100-63)83(121)106-71(35-62-42-92-55-99-62)82(120)105-70(34-61-41-91-54-98-61)81(119)104-69(33-60-40-90-53-97-60)80(118)103-68(32-59-39-89-52-96-59)79(117)102-65(45-111)31-58-38-88-51-95-58/h38-45,51-57,65-75,112-113H,3-37,46-50,87H2,1-2H3,(H,88,95)(H,89,96)(H,90,97)(H,91,98)(H,92,99)(H,93,100)(H,94,101)(H,102,117)(H,103,118)(H,104,119)(H,105,120)(H,106,121)(H,107,122)(H,108,123)(H,109,116)(H,110,124)/t65?,66?,67?,68-,69?,70-,71?,72-,73?,74?,75-/m0/s1. The van der Waals surface area contributed by atoms with Gasteiger partial charge in [-0.3, -0.25) is 52.7 Å². The fourth-order valence-corrected chi connectivity index (χ4v) is 15.1. The van der Waals surface area contributed by atoms with Gasteiger partial charge in [-0.25, -0.2) is 34.9 Å². The Morgan fingerprint density at radius 1 is 0.339 bits per heavy atom. The third kappa shape index (κ3) is 40.8. The summed E-state index contributed by atoms with van der Waals surface area (Å²) in [6.07, 6.45) is 47.6. The molecule has 0 fully saturated rings. The number of nitrogens with one attached hydrogen (secondary N) is 16. The Balaban J connectivity index is 0.972. The van der Waals surface area contributed by atoms with E-state index in [1.165, 1.54) is 197 Å². The van der Waals surface area contributed by atoms with E-state index in [1.54, 1.807) is 0 Å². The Labute approximate surface area is 744 Å². The van der Waals surface area contributed by atoms with E-state index in [-0.39, 0.29) is 81.6 Å². The van der Waals surface area contributed by atoms with Gasteiger partial charge < -0.3 is 113 Å². The Morgan fingerprint density at radius 3 is 0.850 bits per heavy atom. The maximum atomic E-state index is 15.0. The molecule has 0 spiro atoms. The molecular formula is C86H132N24O16S. The number of carbonyl (C=O) groups is 12. The van der Waals surface area contributed by atoms with Crippen LogP contribution in [0.25, 0.3) is 0 Å². The number of hydrogen-bond donors (Lipinski definition) is 19. The van der Waals surface area contributed by atoms with Gasteiger partial charge in [0, 0.05) is 153 Å². The number of esters is 2. The number of aromatic nitrogens is 14. The summed E-state index contributed by atoms with van der Waals surface area (Å²) in [7, 11) is 0. The number of thioether (sulfide) groups is 1. The summed E-state index contributed by atoms with van der Waals surface area (Å²) in [5.74, 6) is -9.59. The molecule has 11 atom stereocenters. The highest BCUT2D eigenvalue weighted by molar-refractivity contribution is 7.99. The lowest BCUT2D eigenvalue weighted by Crippen LogP contribution is -2.62. The number of aliphatic hydroxyl groups is 2. The van der Waals surface area contributed by atoms with Crippen LogP contribution in [-0.2, 0) is 112 Å². The predicted octanol–water partition coefficient (Wildman–Crippen LogP) is 3.77. The number of aromatic amines is 7. The van der Waals surface area contributed by atoms with Gasteiger partial charge in [-0.05, 0) is 12.8 Å². The number of nitrogens with two attached hydrogens (primary N) is 1. The summed E-state index contributed by atoms with van der Waals surface area (Å²) in [5, 5.41) is 44.5. The number of ether oxygens (including phenoxy) is 2. The van der Waals surface area contributed by atoms with Crippen molar-refractivity contribution in [1.29, 1.82) is 0 Å². The van der Waals surface area contributed by atoms with Crippen LogP contribution in [-0.4, -0.2) is 249 Å². The molecule has 7 aromatic rings. The first kappa shape index (κ1) is 103. The molecule has 41 heteroatoms. The highest BCUT2D eigenvalue weighted by atomic mass is 32.2. The largest absolute Gasteiger partial charge is 0.462 e. The summed E-state index contributed by atoms with van der Waals surface area (Å²) >= 11 is 1.13. The van der Waals surface area contributed by atoms with Crippen molar-refractivity contribution >= 4 is 83.2 Å². The van der Waals surface area contributed by atoms with E-state index < -0.39 is 145 Å². The molecule has 127 heavy (non-hydrogen) atoms. The van der Waals surface area contributed by atoms with Gasteiger partial charge in [0.2, 0.25) is 53.2 Å². The third-order valence-electron chi connectivity index (χ3n) is 21.4. The maximum Gasteiger partial charge on any atom is 0.306 e.